The molecule has 0 spiro atoms. The Morgan fingerprint density at radius 3 is 1.91 bits per heavy atom. The van der Waals surface area contributed by atoms with E-state index >= 15 is 0 Å². The molecule has 0 aromatic heterocycles. The molecule has 0 atom stereocenters. The van der Waals surface area contributed by atoms with Crippen molar-refractivity contribution in [3.8, 4) is 11.5 Å². The maximum absolute atomic E-state index is 12.2. The van der Waals surface area contributed by atoms with Gasteiger partial charge in [-0.1, -0.05) is 12.1 Å². The fourth-order valence-electron chi connectivity index (χ4n) is 2.64. The average Bonchev–Trinajstić information content (AvgIpc) is 2.73. The van der Waals surface area contributed by atoms with Crippen molar-refractivity contribution in [2.24, 2.45) is 0 Å². The number of ether oxygens (including phenoxy) is 3. The molecule has 9 nitrogen and oxygen atoms in total. The summed E-state index contributed by atoms with van der Waals surface area (Å²) in [7, 11) is 0. The Bertz CT molecular complexity index is 938. The van der Waals surface area contributed by atoms with Gasteiger partial charge in [-0.3, -0.25) is 9.59 Å². The lowest BCUT2D eigenvalue weighted by atomic mass is 10.2. The van der Waals surface area contributed by atoms with E-state index in [1.165, 1.54) is 0 Å². The van der Waals surface area contributed by atoms with Crippen LogP contribution in [0.1, 0.15) is 34.1 Å². The summed E-state index contributed by atoms with van der Waals surface area (Å²) in [5.74, 6) is 0.485. The Labute approximate surface area is 193 Å². The summed E-state index contributed by atoms with van der Waals surface area (Å²) < 4.78 is 16.1. The molecule has 0 unspecified atom stereocenters. The minimum atomic E-state index is -0.594. The maximum atomic E-state index is 12.2. The Balaban J connectivity index is 1.74. The van der Waals surface area contributed by atoms with Crippen molar-refractivity contribution < 1.29 is 28.6 Å². The van der Waals surface area contributed by atoms with Crippen molar-refractivity contribution in [3.05, 3.63) is 48.5 Å². The minimum absolute atomic E-state index is 0.0955. The summed E-state index contributed by atoms with van der Waals surface area (Å²) in [5, 5.41) is 7.99. The highest BCUT2D eigenvalue weighted by molar-refractivity contribution is 5.93. The van der Waals surface area contributed by atoms with Gasteiger partial charge in [0.2, 0.25) is 5.91 Å². The van der Waals surface area contributed by atoms with Gasteiger partial charge in [0.25, 0.3) is 5.91 Å². The number of amides is 3. The molecule has 0 saturated heterocycles. The first kappa shape index (κ1) is 25.5. The zero-order valence-electron chi connectivity index (χ0n) is 19.4. The summed E-state index contributed by atoms with van der Waals surface area (Å²) in [6.45, 7) is 7.64. The molecule has 33 heavy (non-hydrogen) atoms. The van der Waals surface area contributed by atoms with Crippen LogP contribution in [-0.4, -0.2) is 43.3 Å². The highest BCUT2D eigenvalue weighted by Crippen LogP contribution is 2.26. The van der Waals surface area contributed by atoms with Gasteiger partial charge in [-0.2, -0.15) is 0 Å². The molecule has 9 heteroatoms. The second-order valence-electron chi connectivity index (χ2n) is 8.02. The molecular formula is C24H31N3O6. The molecule has 0 bridgehead atoms. The first-order chi connectivity index (χ1) is 15.7. The first-order valence-electron chi connectivity index (χ1n) is 10.7. The second kappa shape index (κ2) is 12.3. The molecule has 0 aliphatic heterocycles. The lowest BCUT2D eigenvalue weighted by molar-refractivity contribution is -0.118. The molecule has 2 aromatic carbocycles. The zero-order chi connectivity index (χ0) is 24.3. The van der Waals surface area contributed by atoms with Crippen LogP contribution in [0.15, 0.2) is 48.5 Å². The molecule has 178 valence electrons. The quantitative estimate of drug-likeness (QED) is 0.498. The number of alkyl carbamates (subject to hydrolysis) is 1. The van der Waals surface area contributed by atoms with E-state index in [0.717, 1.165) is 0 Å². The van der Waals surface area contributed by atoms with Gasteiger partial charge in [-0.05, 0) is 64.1 Å². The molecule has 2 rings (SSSR count). The average molecular weight is 458 g/mol. The van der Waals surface area contributed by atoms with Crippen molar-refractivity contribution >= 4 is 29.3 Å². The SMILES string of the molecule is CCOc1ccccc1OCC(=O)Nc1ccc(NC(=O)CCNC(=O)OC(C)(C)C)cc1. The number of hydrogen-bond donors (Lipinski definition) is 3. The Kier molecular flexibility index (Phi) is 9.53. The van der Waals surface area contributed by atoms with Gasteiger partial charge >= 0.3 is 6.09 Å². The normalized spacial score (nSPS) is 10.7. The van der Waals surface area contributed by atoms with Gasteiger partial charge < -0.3 is 30.2 Å². The number of anilines is 2. The van der Waals surface area contributed by atoms with Gasteiger partial charge in [-0.15, -0.1) is 0 Å². The van der Waals surface area contributed by atoms with E-state index in [0.29, 0.717) is 29.5 Å². The lowest BCUT2D eigenvalue weighted by Gasteiger charge is -2.19. The van der Waals surface area contributed by atoms with E-state index in [1.54, 1.807) is 63.2 Å². The van der Waals surface area contributed by atoms with Crippen molar-refractivity contribution in [1.29, 1.82) is 0 Å². The van der Waals surface area contributed by atoms with Crippen LogP contribution >= 0.6 is 0 Å². The van der Waals surface area contributed by atoms with Crippen LogP contribution in [0.2, 0.25) is 0 Å². The zero-order valence-corrected chi connectivity index (χ0v) is 19.4. The minimum Gasteiger partial charge on any atom is -0.490 e. The molecule has 0 aliphatic rings. The molecule has 2 aromatic rings. The Morgan fingerprint density at radius 2 is 1.36 bits per heavy atom. The first-order valence-corrected chi connectivity index (χ1v) is 10.7. The maximum Gasteiger partial charge on any atom is 0.407 e. The molecule has 0 fully saturated rings. The molecule has 0 radical (unpaired) electrons. The summed E-state index contributed by atoms with van der Waals surface area (Å²) in [4.78, 5) is 35.8. The van der Waals surface area contributed by atoms with E-state index in [9.17, 15) is 14.4 Å². The fourth-order valence-corrected chi connectivity index (χ4v) is 2.64. The third-order valence-electron chi connectivity index (χ3n) is 3.98. The standard InChI is InChI=1S/C24H31N3O6/c1-5-31-19-8-6-7-9-20(19)32-16-22(29)27-18-12-10-17(11-13-18)26-21(28)14-15-25-23(30)33-24(2,3)4/h6-13H,5,14-16H2,1-4H3,(H,25,30)(H,26,28)(H,27,29). The number of rotatable bonds is 10. The monoisotopic (exact) mass is 457 g/mol. The van der Waals surface area contributed by atoms with Gasteiger partial charge in [-0.25, -0.2) is 4.79 Å². The third-order valence-corrected chi connectivity index (χ3v) is 3.98. The van der Waals surface area contributed by atoms with Crippen molar-refractivity contribution in [3.63, 3.8) is 0 Å². The second-order valence-corrected chi connectivity index (χ2v) is 8.02. The fraction of sp³-hybridized carbons (Fsp3) is 0.375. The van der Waals surface area contributed by atoms with E-state index in [2.05, 4.69) is 16.0 Å². The number of para-hydroxylation sites is 2. The van der Waals surface area contributed by atoms with Crippen LogP contribution < -0.4 is 25.4 Å². The van der Waals surface area contributed by atoms with Gasteiger partial charge in [0.05, 0.1) is 6.61 Å². The summed E-state index contributed by atoms with van der Waals surface area (Å²) in [6.07, 6.45) is -0.473. The number of benzene rings is 2. The van der Waals surface area contributed by atoms with Crippen molar-refractivity contribution in [2.45, 2.75) is 39.7 Å². The molecule has 3 N–H and O–H groups in total. The van der Waals surface area contributed by atoms with Gasteiger partial charge in [0, 0.05) is 24.3 Å². The topological polar surface area (TPSA) is 115 Å². The van der Waals surface area contributed by atoms with Crippen LogP contribution in [-0.2, 0) is 14.3 Å². The van der Waals surface area contributed by atoms with Gasteiger partial charge in [0.15, 0.2) is 18.1 Å². The smallest absolute Gasteiger partial charge is 0.407 e. The molecule has 0 heterocycles. The van der Waals surface area contributed by atoms with Crippen molar-refractivity contribution in [2.75, 3.05) is 30.4 Å². The van der Waals surface area contributed by atoms with Gasteiger partial charge in [0.1, 0.15) is 5.60 Å². The van der Waals surface area contributed by atoms with Crippen LogP contribution in [0.3, 0.4) is 0 Å². The van der Waals surface area contributed by atoms with E-state index in [-0.39, 0.29) is 31.4 Å². The predicted molar refractivity (Wildman–Crippen MR) is 126 cm³/mol. The van der Waals surface area contributed by atoms with Crippen LogP contribution in [0, 0.1) is 0 Å². The number of hydrogen-bond acceptors (Lipinski definition) is 6. The molecule has 0 saturated carbocycles. The van der Waals surface area contributed by atoms with Crippen LogP contribution in [0.4, 0.5) is 16.2 Å². The molecule has 0 aliphatic carbocycles. The highest BCUT2D eigenvalue weighted by Gasteiger charge is 2.16. The predicted octanol–water partition coefficient (Wildman–Crippen LogP) is 3.96. The Hall–Kier alpha value is -3.75. The van der Waals surface area contributed by atoms with Crippen LogP contribution in [0.25, 0.3) is 0 Å². The van der Waals surface area contributed by atoms with Crippen molar-refractivity contribution in [1.82, 2.24) is 5.32 Å². The third kappa shape index (κ3) is 9.94. The largest absolute Gasteiger partial charge is 0.490 e. The number of nitrogens with one attached hydrogen (secondary N) is 3. The molecule has 3 amide bonds. The van der Waals surface area contributed by atoms with E-state index in [1.807, 2.05) is 13.0 Å². The molecular weight excluding hydrogens is 426 g/mol. The summed E-state index contributed by atoms with van der Waals surface area (Å²) in [6, 6.07) is 13.8. The van der Waals surface area contributed by atoms with E-state index in [4.69, 9.17) is 14.2 Å². The Morgan fingerprint density at radius 1 is 0.818 bits per heavy atom. The lowest BCUT2D eigenvalue weighted by Crippen LogP contribution is -2.34. The summed E-state index contributed by atoms with van der Waals surface area (Å²) >= 11 is 0. The number of carbonyl (C=O) groups is 3. The summed E-state index contributed by atoms with van der Waals surface area (Å²) in [5.41, 5.74) is 0.535. The van der Waals surface area contributed by atoms with Crippen LogP contribution in [0.5, 0.6) is 11.5 Å². The number of carbonyl (C=O) groups excluding carboxylic acids is 3. The highest BCUT2D eigenvalue weighted by atomic mass is 16.6. The van der Waals surface area contributed by atoms with E-state index < -0.39 is 11.7 Å².